The van der Waals surface area contributed by atoms with Gasteiger partial charge in [-0.2, -0.15) is 0 Å². The fraction of sp³-hybridized carbons (Fsp3) is 0.0263. The third kappa shape index (κ3) is 3.39. The van der Waals surface area contributed by atoms with Crippen molar-refractivity contribution in [2.45, 2.75) is 6.04 Å². The first-order chi connectivity index (χ1) is 20.8. The molecule has 9 rings (SSSR count). The maximum absolute atomic E-state index is 6.56. The van der Waals surface area contributed by atoms with Crippen LogP contribution in [0.15, 0.2) is 149 Å². The quantitative estimate of drug-likeness (QED) is 0.238. The molecule has 198 valence electrons. The van der Waals surface area contributed by atoms with Gasteiger partial charge < -0.3 is 9.73 Å². The van der Waals surface area contributed by atoms with Gasteiger partial charge in [0.05, 0.1) is 28.1 Å². The molecule has 0 spiro atoms. The van der Waals surface area contributed by atoms with Crippen LogP contribution in [0.2, 0.25) is 0 Å². The Morgan fingerprint density at radius 2 is 1.33 bits per heavy atom. The highest BCUT2D eigenvalue weighted by Gasteiger charge is 2.27. The van der Waals surface area contributed by atoms with Gasteiger partial charge in [0.2, 0.25) is 5.96 Å². The Balaban J connectivity index is 1.37. The van der Waals surface area contributed by atoms with Crippen molar-refractivity contribution in [2.75, 3.05) is 0 Å². The van der Waals surface area contributed by atoms with Gasteiger partial charge in [-0.15, -0.1) is 0 Å². The Labute approximate surface area is 242 Å². The van der Waals surface area contributed by atoms with Crippen LogP contribution in [-0.2, 0) is 0 Å². The Bertz CT molecular complexity index is 2330. The van der Waals surface area contributed by atoms with Crippen molar-refractivity contribution in [3.8, 4) is 11.1 Å². The number of nitrogens with one attached hydrogen (secondary N) is 1. The SMILES string of the molecule is c1ccc(-c2ccc3c4c5oc6ccccc6c5ccc4n(C4=Nc5ccccc5C(c5ccccc5)N4)c3c2)cc1. The molecule has 0 fully saturated rings. The molecule has 8 aromatic rings. The van der Waals surface area contributed by atoms with E-state index < -0.39 is 0 Å². The predicted molar refractivity (Wildman–Crippen MR) is 173 cm³/mol. The van der Waals surface area contributed by atoms with Crippen LogP contribution in [0, 0.1) is 0 Å². The van der Waals surface area contributed by atoms with E-state index in [4.69, 9.17) is 9.41 Å². The minimum atomic E-state index is -0.0327. The molecule has 0 amide bonds. The third-order valence-corrected chi connectivity index (χ3v) is 8.47. The summed E-state index contributed by atoms with van der Waals surface area (Å²) in [5.74, 6) is 0.795. The predicted octanol–water partition coefficient (Wildman–Crippen LogP) is 9.59. The van der Waals surface area contributed by atoms with Crippen LogP contribution in [0.1, 0.15) is 17.2 Å². The van der Waals surface area contributed by atoms with Gasteiger partial charge in [-0.1, -0.05) is 109 Å². The molecule has 2 aromatic heterocycles. The van der Waals surface area contributed by atoms with Gasteiger partial charge >= 0.3 is 0 Å². The zero-order valence-electron chi connectivity index (χ0n) is 22.7. The van der Waals surface area contributed by atoms with Gasteiger partial charge in [-0.3, -0.25) is 4.57 Å². The highest BCUT2D eigenvalue weighted by Crippen LogP contribution is 2.41. The molecule has 4 nitrogen and oxygen atoms in total. The summed E-state index contributed by atoms with van der Waals surface area (Å²) in [6.45, 7) is 0. The van der Waals surface area contributed by atoms with E-state index in [2.05, 4.69) is 137 Å². The molecular formula is C38H25N3O. The van der Waals surface area contributed by atoms with Crippen LogP contribution >= 0.6 is 0 Å². The number of rotatable bonds is 2. The van der Waals surface area contributed by atoms with Crippen molar-refractivity contribution in [3.63, 3.8) is 0 Å². The van der Waals surface area contributed by atoms with Crippen LogP contribution in [0.25, 0.3) is 54.9 Å². The number of fused-ring (bicyclic) bond motifs is 8. The molecule has 1 atom stereocenters. The van der Waals surface area contributed by atoms with E-state index >= 15 is 0 Å². The normalized spacial score (nSPS) is 14.8. The number of benzene rings is 6. The van der Waals surface area contributed by atoms with Gasteiger partial charge in [0.1, 0.15) is 11.2 Å². The van der Waals surface area contributed by atoms with E-state index in [9.17, 15) is 0 Å². The summed E-state index contributed by atoms with van der Waals surface area (Å²) in [6, 6.07) is 48.9. The summed E-state index contributed by atoms with van der Waals surface area (Å²) in [4.78, 5) is 5.23. The monoisotopic (exact) mass is 539 g/mol. The average molecular weight is 540 g/mol. The summed E-state index contributed by atoms with van der Waals surface area (Å²) in [5, 5.41) is 8.31. The number of nitrogens with zero attached hydrogens (tertiary/aromatic N) is 2. The van der Waals surface area contributed by atoms with Crippen LogP contribution in [-0.4, -0.2) is 10.5 Å². The van der Waals surface area contributed by atoms with E-state index in [-0.39, 0.29) is 6.04 Å². The molecule has 1 N–H and O–H groups in total. The lowest BCUT2D eigenvalue weighted by atomic mass is 9.96. The van der Waals surface area contributed by atoms with Crippen molar-refractivity contribution in [1.29, 1.82) is 0 Å². The minimum absolute atomic E-state index is 0.0327. The Morgan fingerprint density at radius 3 is 2.21 bits per heavy atom. The molecule has 1 aliphatic rings. The molecule has 1 unspecified atom stereocenters. The summed E-state index contributed by atoms with van der Waals surface area (Å²) >= 11 is 0. The molecule has 1 aliphatic heterocycles. The molecule has 0 saturated heterocycles. The van der Waals surface area contributed by atoms with Crippen molar-refractivity contribution < 1.29 is 4.42 Å². The lowest BCUT2D eigenvalue weighted by molar-refractivity contribution is 0.673. The van der Waals surface area contributed by atoms with Crippen LogP contribution in [0.5, 0.6) is 0 Å². The fourth-order valence-corrected chi connectivity index (χ4v) is 6.53. The maximum atomic E-state index is 6.56. The molecule has 0 aliphatic carbocycles. The lowest BCUT2D eigenvalue weighted by Gasteiger charge is -2.28. The highest BCUT2D eigenvalue weighted by atomic mass is 16.3. The minimum Gasteiger partial charge on any atom is -0.455 e. The zero-order valence-corrected chi connectivity index (χ0v) is 22.7. The molecule has 3 heterocycles. The number of hydrogen-bond donors (Lipinski definition) is 1. The van der Waals surface area contributed by atoms with Gasteiger partial charge in [-0.25, -0.2) is 4.99 Å². The smallest absolute Gasteiger partial charge is 0.209 e. The molecule has 0 bridgehead atoms. The number of para-hydroxylation sites is 2. The zero-order chi connectivity index (χ0) is 27.6. The molecule has 6 aromatic carbocycles. The topological polar surface area (TPSA) is 42.5 Å². The maximum Gasteiger partial charge on any atom is 0.209 e. The number of hydrogen-bond acceptors (Lipinski definition) is 3. The first kappa shape index (κ1) is 23.1. The van der Waals surface area contributed by atoms with E-state index in [0.717, 1.165) is 66.5 Å². The van der Waals surface area contributed by atoms with Crippen molar-refractivity contribution >= 4 is 55.4 Å². The first-order valence-corrected chi connectivity index (χ1v) is 14.3. The second-order valence-electron chi connectivity index (χ2n) is 10.9. The molecule has 0 saturated carbocycles. The van der Waals surface area contributed by atoms with Crippen molar-refractivity contribution in [3.05, 3.63) is 151 Å². The highest BCUT2D eigenvalue weighted by molar-refractivity contribution is 6.26. The summed E-state index contributed by atoms with van der Waals surface area (Å²) in [5.41, 5.74) is 9.60. The standard InChI is InChI=1S/C38H25N3O/c1-3-11-24(12-4-1)26-19-20-30-33(23-26)41(32-22-21-28-27-15-8-10-18-34(27)42-37(28)35(30)32)38-39-31-17-9-7-16-29(31)36(40-38)25-13-5-2-6-14-25/h1-23,36H,(H,39,40). The third-order valence-electron chi connectivity index (χ3n) is 8.47. The van der Waals surface area contributed by atoms with Gasteiger partial charge in [0.15, 0.2) is 0 Å². The van der Waals surface area contributed by atoms with E-state index in [1.54, 1.807) is 0 Å². The molecular weight excluding hydrogens is 514 g/mol. The second kappa shape index (κ2) is 8.95. The molecule has 42 heavy (non-hydrogen) atoms. The van der Waals surface area contributed by atoms with Gasteiger partial charge in [0, 0.05) is 21.7 Å². The number of aromatic nitrogens is 1. The molecule has 4 heteroatoms. The van der Waals surface area contributed by atoms with E-state index in [1.165, 1.54) is 11.1 Å². The Hall–Kier alpha value is -5.61. The van der Waals surface area contributed by atoms with Crippen LogP contribution in [0.4, 0.5) is 5.69 Å². The Kier molecular flexibility index (Phi) is 4.93. The first-order valence-electron chi connectivity index (χ1n) is 14.3. The lowest BCUT2D eigenvalue weighted by Crippen LogP contribution is -2.36. The van der Waals surface area contributed by atoms with Crippen molar-refractivity contribution in [1.82, 2.24) is 9.88 Å². The van der Waals surface area contributed by atoms with E-state index in [1.807, 2.05) is 12.1 Å². The summed E-state index contributed by atoms with van der Waals surface area (Å²) in [6.07, 6.45) is 0. The second-order valence-corrected chi connectivity index (χ2v) is 10.9. The fourth-order valence-electron chi connectivity index (χ4n) is 6.53. The van der Waals surface area contributed by atoms with Crippen LogP contribution < -0.4 is 5.32 Å². The number of furan rings is 1. The number of aliphatic imine (C=N–C) groups is 1. The van der Waals surface area contributed by atoms with Crippen LogP contribution in [0.3, 0.4) is 0 Å². The van der Waals surface area contributed by atoms with E-state index in [0.29, 0.717) is 0 Å². The summed E-state index contributed by atoms with van der Waals surface area (Å²) < 4.78 is 8.84. The van der Waals surface area contributed by atoms with Gasteiger partial charge in [-0.05, 0) is 47.0 Å². The van der Waals surface area contributed by atoms with Crippen molar-refractivity contribution in [2.24, 2.45) is 4.99 Å². The largest absolute Gasteiger partial charge is 0.455 e. The average Bonchev–Trinajstić information content (AvgIpc) is 3.60. The Morgan fingerprint density at radius 1 is 0.595 bits per heavy atom. The molecule has 0 radical (unpaired) electrons. The summed E-state index contributed by atoms with van der Waals surface area (Å²) in [7, 11) is 0. The van der Waals surface area contributed by atoms with Gasteiger partial charge in [0.25, 0.3) is 0 Å².